The summed E-state index contributed by atoms with van der Waals surface area (Å²) in [5.74, 6) is -0.285. The van der Waals surface area contributed by atoms with E-state index in [1.165, 1.54) is 13.8 Å². The molecule has 1 fully saturated rings. The molecule has 1 aliphatic heterocycles. The van der Waals surface area contributed by atoms with Gasteiger partial charge in [0.25, 0.3) is 15.9 Å². The third-order valence-electron chi connectivity index (χ3n) is 2.71. The van der Waals surface area contributed by atoms with E-state index in [1.54, 1.807) is 0 Å². The first kappa shape index (κ1) is 12.4. The Kier molecular flexibility index (Phi) is 3.40. The number of sulfonamides is 1. The Morgan fingerprint density at radius 2 is 1.93 bits per heavy atom. The van der Waals surface area contributed by atoms with Crippen LogP contribution in [0.3, 0.4) is 0 Å². The van der Waals surface area contributed by atoms with E-state index in [9.17, 15) is 13.2 Å². The van der Waals surface area contributed by atoms with E-state index >= 15 is 0 Å². The molecule has 0 aromatic carbocycles. The molecule has 1 rings (SSSR count). The second kappa shape index (κ2) is 4.09. The van der Waals surface area contributed by atoms with E-state index in [2.05, 4.69) is 5.32 Å². The number of hydrogen-bond acceptors (Lipinski definition) is 4. The predicted octanol–water partition coefficient (Wildman–Crippen LogP) is -0.0634. The van der Waals surface area contributed by atoms with Gasteiger partial charge in [0.2, 0.25) is 0 Å². The normalized spacial score (nSPS) is 22.6. The zero-order chi connectivity index (χ0) is 11.7. The maximum Gasteiger partial charge on any atom is 0.258 e. The van der Waals surface area contributed by atoms with Gasteiger partial charge in [-0.3, -0.25) is 4.79 Å². The Bertz CT molecular complexity index is 348. The van der Waals surface area contributed by atoms with Crippen molar-refractivity contribution in [2.24, 2.45) is 0 Å². The van der Waals surface area contributed by atoms with Crippen LogP contribution in [0, 0.1) is 0 Å². The Hall–Kier alpha value is -0.620. The molecular weight excluding hydrogens is 216 g/mol. The lowest BCUT2D eigenvalue weighted by molar-refractivity contribution is -0.132. The largest absolute Gasteiger partial charge is 0.320 e. The average molecular weight is 234 g/mol. The fourth-order valence-corrected chi connectivity index (χ4v) is 3.10. The lowest BCUT2D eigenvalue weighted by Gasteiger charge is -2.43. The summed E-state index contributed by atoms with van der Waals surface area (Å²) in [5, 5.41) is 2.97. The first-order valence-electron chi connectivity index (χ1n) is 5.07. The van der Waals surface area contributed by atoms with E-state index in [0.29, 0.717) is 13.0 Å². The van der Waals surface area contributed by atoms with E-state index < -0.39 is 14.8 Å². The van der Waals surface area contributed by atoms with Crippen molar-refractivity contribution in [3.8, 4) is 0 Å². The minimum atomic E-state index is -3.37. The fourth-order valence-electron chi connectivity index (χ4n) is 1.54. The summed E-state index contributed by atoms with van der Waals surface area (Å²) in [6.07, 6.45) is 1.58. The lowest BCUT2D eigenvalue weighted by Crippen LogP contribution is -2.67. The van der Waals surface area contributed by atoms with Crippen LogP contribution in [0.1, 0.15) is 26.7 Å². The highest BCUT2D eigenvalue weighted by atomic mass is 32.2. The van der Waals surface area contributed by atoms with Crippen molar-refractivity contribution in [1.29, 1.82) is 0 Å². The number of nitrogens with zero attached hydrogens (tertiary/aromatic N) is 1. The second-order valence-electron chi connectivity index (χ2n) is 4.20. The van der Waals surface area contributed by atoms with Crippen LogP contribution in [0.25, 0.3) is 0 Å². The minimum Gasteiger partial charge on any atom is -0.320 e. The van der Waals surface area contributed by atoms with Gasteiger partial charge in [-0.15, -0.1) is 0 Å². The molecule has 0 aliphatic carbocycles. The molecule has 1 heterocycles. The fraction of sp³-hybridized carbons (Fsp3) is 0.889. The van der Waals surface area contributed by atoms with Crippen LogP contribution in [-0.2, 0) is 14.8 Å². The molecule has 6 heteroatoms. The van der Waals surface area contributed by atoms with Crippen molar-refractivity contribution in [3.05, 3.63) is 0 Å². The van der Waals surface area contributed by atoms with Gasteiger partial charge in [-0.25, -0.2) is 12.7 Å². The summed E-state index contributed by atoms with van der Waals surface area (Å²) in [6.45, 7) is 4.06. The van der Waals surface area contributed by atoms with Crippen molar-refractivity contribution in [1.82, 2.24) is 9.62 Å². The summed E-state index contributed by atoms with van der Waals surface area (Å²) < 4.78 is 23.0. The topological polar surface area (TPSA) is 66.5 Å². The number of hydrogen-bond donors (Lipinski definition) is 1. The number of carbonyl (C=O) groups is 1. The van der Waals surface area contributed by atoms with Crippen LogP contribution in [0.4, 0.5) is 0 Å². The van der Waals surface area contributed by atoms with Crippen molar-refractivity contribution < 1.29 is 13.2 Å². The number of rotatable bonds is 5. The molecule has 1 N–H and O–H groups in total. The first-order chi connectivity index (χ1) is 6.85. The maximum atomic E-state index is 11.6. The molecule has 0 bridgehead atoms. The third kappa shape index (κ3) is 1.88. The summed E-state index contributed by atoms with van der Waals surface area (Å²) in [6, 6.07) is 0. The Morgan fingerprint density at radius 3 is 2.40 bits per heavy atom. The highest BCUT2D eigenvalue weighted by molar-refractivity contribution is 7.94. The van der Waals surface area contributed by atoms with Gasteiger partial charge in [-0.1, -0.05) is 0 Å². The molecule has 0 radical (unpaired) electrons. The van der Waals surface area contributed by atoms with Gasteiger partial charge in [0.05, 0.1) is 0 Å². The van der Waals surface area contributed by atoms with Crippen LogP contribution in [-0.4, -0.2) is 43.5 Å². The van der Waals surface area contributed by atoms with Crippen LogP contribution >= 0.6 is 0 Å². The Labute approximate surface area is 90.9 Å². The molecule has 5 nitrogen and oxygen atoms in total. The Balaban J connectivity index is 2.49. The van der Waals surface area contributed by atoms with Crippen LogP contribution in [0.15, 0.2) is 0 Å². The number of unbranched alkanes of at least 4 members (excludes halogenated alkanes) is 1. The van der Waals surface area contributed by atoms with Gasteiger partial charge < -0.3 is 5.32 Å². The summed E-state index contributed by atoms with van der Waals surface area (Å²) >= 11 is 0. The quantitative estimate of drug-likeness (QED) is 0.677. The third-order valence-corrected chi connectivity index (χ3v) is 5.11. The zero-order valence-corrected chi connectivity index (χ0v) is 10.2. The molecule has 1 saturated heterocycles. The summed E-state index contributed by atoms with van der Waals surface area (Å²) in [5.41, 5.74) is 0. The van der Waals surface area contributed by atoms with Gasteiger partial charge in [0, 0.05) is 6.54 Å². The van der Waals surface area contributed by atoms with Crippen LogP contribution < -0.4 is 5.32 Å². The first-order valence-corrected chi connectivity index (χ1v) is 6.51. The molecule has 0 atom stereocenters. The molecule has 15 heavy (non-hydrogen) atoms. The Morgan fingerprint density at radius 1 is 1.33 bits per heavy atom. The van der Waals surface area contributed by atoms with Gasteiger partial charge >= 0.3 is 0 Å². The summed E-state index contributed by atoms with van der Waals surface area (Å²) in [7, 11) is -1.53. The lowest BCUT2D eigenvalue weighted by atomic mass is 10.2. The predicted molar refractivity (Wildman–Crippen MR) is 57.9 cm³/mol. The van der Waals surface area contributed by atoms with Crippen molar-refractivity contribution in [2.75, 3.05) is 20.1 Å². The number of amides is 1. The second-order valence-corrected chi connectivity index (χ2v) is 6.61. The van der Waals surface area contributed by atoms with Crippen molar-refractivity contribution in [2.45, 2.75) is 31.4 Å². The van der Waals surface area contributed by atoms with E-state index in [4.69, 9.17) is 0 Å². The van der Waals surface area contributed by atoms with E-state index in [-0.39, 0.29) is 5.91 Å². The molecule has 0 saturated carbocycles. The SMILES string of the molecule is CNCCCCN1C(=O)C(C)(C)S1(=O)=O. The number of nitrogens with one attached hydrogen (secondary N) is 1. The van der Waals surface area contributed by atoms with Crippen LogP contribution in [0.5, 0.6) is 0 Å². The van der Waals surface area contributed by atoms with Crippen molar-refractivity contribution >= 4 is 15.9 Å². The highest BCUT2D eigenvalue weighted by Crippen LogP contribution is 2.34. The molecule has 88 valence electrons. The molecule has 0 spiro atoms. The molecule has 1 amide bonds. The van der Waals surface area contributed by atoms with Gasteiger partial charge in [-0.05, 0) is 40.3 Å². The molecule has 0 aromatic heterocycles. The standard InChI is InChI=1S/C9H18N2O3S/c1-9(2)8(12)11(15(9,13)14)7-5-4-6-10-3/h10H,4-7H2,1-3H3. The van der Waals surface area contributed by atoms with Gasteiger partial charge in [-0.2, -0.15) is 0 Å². The molecule has 0 aromatic rings. The van der Waals surface area contributed by atoms with Crippen molar-refractivity contribution in [3.63, 3.8) is 0 Å². The maximum absolute atomic E-state index is 11.6. The van der Waals surface area contributed by atoms with Gasteiger partial charge in [0.15, 0.2) is 4.75 Å². The van der Waals surface area contributed by atoms with Gasteiger partial charge in [0.1, 0.15) is 0 Å². The molecular formula is C9H18N2O3S. The molecule has 0 unspecified atom stereocenters. The zero-order valence-electron chi connectivity index (χ0n) is 9.41. The van der Waals surface area contributed by atoms with E-state index in [1.807, 2.05) is 7.05 Å². The molecule has 1 aliphatic rings. The summed E-state index contributed by atoms with van der Waals surface area (Å²) in [4.78, 5) is 11.5. The van der Waals surface area contributed by atoms with E-state index in [0.717, 1.165) is 17.3 Å². The average Bonchev–Trinajstić information content (AvgIpc) is 2.16. The highest BCUT2D eigenvalue weighted by Gasteiger charge is 2.59. The minimum absolute atomic E-state index is 0.285. The van der Waals surface area contributed by atoms with Crippen LogP contribution in [0.2, 0.25) is 0 Å². The monoisotopic (exact) mass is 234 g/mol. The smallest absolute Gasteiger partial charge is 0.258 e. The number of carbonyl (C=O) groups excluding carboxylic acids is 1.